The molecular weight excluding hydrogens is 208 g/mol. The number of hydrogen-bond acceptors (Lipinski definition) is 3. The summed E-state index contributed by atoms with van der Waals surface area (Å²) >= 11 is 0. The first-order chi connectivity index (χ1) is 7.54. The summed E-state index contributed by atoms with van der Waals surface area (Å²) in [6.45, 7) is 3.67. The van der Waals surface area contributed by atoms with E-state index in [1.807, 2.05) is 6.92 Å². The summed E-state index contributed by atoms with van der Waals surface area (Å²) in [6.07, 6.45) is 1.47. The van der Waals surface area contributed by atoms with E-state index in [1.165, 1.54) is 13.0 Å². The van der Waals surface area contributed by atoms with Gasteiger partial charge in [-0.1, -0.05) is 11.6 Å². The van der Waals surface area contributed by atoms with Gasteiger partial charge in [-0.3, -0.25) is 4.79 Å². The van der Waals surface area contributed by atoms with Crippen LogP contribution >= 0.6 is 0 Å². The molecule has 1 rings (SSSR count). The molecule has 0 unspecified atom stereocenters. The van der Waals surface area contributed by atoms with Crippen molar-refractivity contribution in [2.75, 3.05) is 0 Å². The molecule has 0 aliphatic heterocycles. The molecule has 84 valence electrons. The molecule has 1 aromatic rings. The largest absolute Gasteiger partial charge is 0.478 e. The average molecular weight is 220 g/mol. The first kappa shape index (κ1) is 12.0. The van der Waals surface area contributed by atoms with Gasteiger partial charge >= 0.3 is 5.97 Å². The maximum atomic E-state index is 10.7. The summed E-state index contributed by atoms with van der Waals surface area (Å²) in [5.74, 6) is -0.653. The lowest BCUT2D eigenvalue weighted by molar-refractivity contribution is -0.132. The van der Waals surface area contributed by atoms with Gasteiger partial charge in [-0.2, -0.15) is 0 Å². The van der Waals surface area contributed by atoms with Crippen molar-refractivity contribution in [1.82, 2.24) is 0 Å². The van der Waals surface area contributed by atoms with Crippen LogP contribution in [0.2, 0.25) is 0 Å². The van der Waals surface area contributed by atoms with E-state index in [2.05, 4.69) is 0 Å². The Morgan fingerprint density at radius 2 is 2.12 bits per heavy atom. The zero-order chi connectivity index (χ0) is 12.1. The molecule has 0 aliphatic carbocycles. The highest BCUT2D eigenvalue weighted by Crippen LogP contribution is 2.22. The Morgan fingerprint density at radius 3 is 2.69 bits per heavy atom. The molecule has 0 atom stereocenters. The van der Waals surface area contributed by atoms with Crippen molar-refractivity contribution < 1.29 is 19.4 Å². The number of hydrogen-bond donors (Lipinski definition) is 1. The monoisotopic (exact) mass is 220 g/mol. The number of aliphatic carboxylic acids is 1. The third-order valence-corrected chi connectivity index (χ3v) is 2.05. The Balaban J connectivity index is 3.19. The first-order valence-electron chi connectivity index (χ1n) is 4.67. The number of ether oxygens (including phenoxy) is 1. The highest BCUT2D eigenvalue weighted by molar-refractivity contribution is 5.92. The molecule has 1 N–H and O–H groups in total. The highest BCUT2D eigenvalue weighted by atomic mass is 16.5. The van der Waals surface area contributed by atoms with Gasteiger partial charge in [-0.25, -0.2) is 4.79 Å². The average Bonchev–Trinajstić information content (AvgIpc) is 2.22. The normalized spacial score (nSPS) is 11.0. The zero-order valence-corrected chi connectivity index (χ0v) is 9.06. The Kier molecular flexibility index (Phi) is 3.83. The molecule has 0 bridgehead atoms. The van der Waals surface area contributed by atoms with Crippen molar-refractivity contribution in [3.63, 3.8) is 0 Å². The second-order valence-electron chi connectivity index (χ2n) is 3.39. The lowest BCUT2D eigenvalue weighted by atomic mass is 10.1. The van der Waals surface area contributed by atoms with Crippen LogP contribution in [-0.4, -0.2) is 17.5 Å². The third kappa shape index (κ3) is 2.95. The molecule has 4 heteroatoms. The fraction of sp³-hybridized carbons (Fsp3) is 0.167. The molecule has 0 radical (unpaired) electrons. The molecule has 4 nitrogen and oxygen atoms in total. The SMILES string of the molecule is C/C(=C\c1cc(C)ccc1OC=O)C(=O)O. The van der Waals surface area contributed by atoms with Crippen molar-refractivity contribution in [1.29, 1.82) is 0 Å². The van der Waals surface area contributed by atoms with Crippen LogP contribution in [0.5, 0.6) is 5.75 Å². The summed E-state index contributed by atoms with van der Waals surface area (Å²) in [7, 11) is 0. The maximum Gasteiger partial charge on any atom is 0.331 e. The predicted octanol–water partition coefficient (Wildman–Crippen LogP) is 2.02. The minimum Gasteiger partial charge on any atom is -0.478 e. The van der Waals surface area contributed by atoms with Gasteiger partial charge in [0.05, 0.1) is 0 Å². The lowest BCUT2D eigenvalue weighted by Crippen LogP contribution is -1.97. The number of rotatable bonds is 4. The van der Waals surface area contributed by atoms with Crippen LogP contribution in [-0.2, 0) is 9.59 Å². The molecule has 0 aliphatic rings. The summed E-state index contributed by atoms with van der Waals surface area (Å²) in [5.41, 5.74) is 1.72. The second-order valence-corrected chi connectivity index (χ2v) is 3.39. The molecule has 1 aromatic carbocycles. The Morgan fingerprint density at radius 1 is 1.44 bits per heavy atom. The van der Waals surface area contributed by atoms with E-state index < -0.39 is 5.97 Å². The minimum atomic E-state index is -1.00. The first-order valence-corrected chi connectivity index (χ1v) is 4.67. The van der Waals surface area contributed by atoms with Crippen molar-refractivity contribution in [2.24, 2.45) is 0 Å². The second kappa shape index (κ2) is 5.11. The van der Waals surface area contributed by atoms with E-state index in [1.54, 1.807) is 18.2 Å². The van der Waals surface area contributed by atoms with Gasteiger partial charge in [-0.15, -0.1) is 0 Å². The Bertz CT molecular complexity index is 446. The van der Waals surface area contributed by atoms with Gasteiger partial charge in [0.25, 0.3) is 6.47 Å². The number of carboxylic acids is 1. The van der Waals surface area contributed by atoms with Crippen LogP contribution in [0.4, 0.5) is 0 Å². The molecule has 0 aromatic heterocycles. The van der Waals surface area contributed by atoms with Crippen molar-refractivity contribution in [3.05, 3.63) is 34.9 Å². The quantitative estimate of drug-likeness (QED) is 0.622. The molecule has 0 saturated heterocycles. The van der Waals surface area contributed by atoms with Crippen molar-refractivity contribution in [3.8, 4) is 5.75 Å². The molecule has 0 heterocycles. The van der Waals surface area contributed by atoms with E-state index in [4.69, 9.17) is 9.84 Å². The Labute approximate surface area is 93.2 Å². The Hall–Kier alpha value is -2.10. The topological polar surface area (TPSA) is 63.6 Å². The van der Waals surface area contributed by atoms with Gasteiger partial charge in [0.1, 0.15) is 5.75 Å². The van der Waals surface area contributed by atoms with Crippen molar-refractivity contribution in [2.45, 2.75) is 13.8 Å². The summed E-state index contributed by atoms with van der Waals surface area (Å²) in [4.78, 5) is 21.0. The standard InChI is InChI=1S/C12H12O4/c1-8-3-4-11(16-7-13)10(5-8)6-9(2)12(14)15/h3-7H,1-2H3,(H,14,15)/b9-6+. The fourth-order valence-electron chi connectivity index (χ4n) is 1.23. The van der Waals surface area contributed by atoms with E-state index in [9.17, 15) is 9.59 Å². The van der Waals surface area contributed by atoms with Crippen LogP contribution in [0.25, 0.3) is 6.08 Å². The molecule has 16 heavy (non-hydrogen) atoms. The molecular formula is C12H12O4. The molecule has 0 spiro atoms. The minimum absolute atomic E-state index is 0.182. The van der Waals surface area contributed by atoms with Crippen LogP contribution in [0, 0.1) is 6.92 Å². The van der Waals surface area contributed by atoms with E-state index >= 15 is 0 Å². The zero-order valence-electron chi connectivity index (χ0n) is 9.06. The fourth-order valence-corrected chi connectivity index (χ4v) is 1.23. The smallest absolute Gasteiger partial charge is 0.331 e. The number of carbonyl (C=O) groups is 2. The van der Waals surface area contributed by atoms with Gasteiger partial charge in [0.2, 0.25) is 0 Å². The van der Waals surface area contributed by atoms with Gasteiger partial charge in [-0.05, 0) is 32.1 Å². The van der Waals surface area contributed by atoms with E-state index in [0.717, 1.165) is 5.56 Å². The highest BCUT2D eigenvalue weighted by Gasteiger charge is 2.05. The number of aryl methyl sites for hydroxylation is 1. The van der Waals surface area contributed by atoms with Gasteiger partial charge in [0, 0.05) is 11.1 Å². The number of carboxylic acid groups (broad SMARTS) is 1. The maximum absolute atomic E-state index is 10.7. The van der Waals surface area contributed by atoms with E-state index in [-0.39, 0.29) is 5.57 Å². The molecule has 0 saturated carbocycles. The van der Waals surface area contributed by atoms with Crippen LogP contribution < -0.4 is 4.74 Å². The van der Waals surface area contributed by atoms with Gasteiger partial charge in [0.15, 0.2) is 0 Å². The van der Waals surface area contributed by atoms with Crippen molar-refractivity contribution >= 4 is 18.5 Å². The predicted molar refractivity (Wildman–Crippen MR) is 59.2 cm³/mol. The van der Waals surface area contributed by atoms with Crippen LogP contribution in [0.15, 0.2) is 23.8 Å². The number of benzene rings is 1. The molecule has 0 amide bonds. The summed E-state index contributed by atoms with van der Waals surface area (Å²) < 4.78 is 4.75. The third-order valence-electron chi connectivity index (χ3n) is 2.05. The van der Waals surface area contributed by atoms with Crippen LogP contribution in [0.3, 0.4) is 0 Å². The summed E-state index contributed by atoms with van der Waals surface area (Å²) in [6, 6.07) is 5.17. The lowest BCUT2D eigenvalue weighted by Gasteiger charge is -2.05. The molecule has 0 fully saturated rings. The summed E-state index contributed by atoms with van der Waals surface area (Å²) in [5, 5.41) is 8.75. The van der Waals surface area contributed by atoms with Gasteiger partial charge < -0.3 is 9.84 Å². The van der Waals surface area contributed by atoms with E-state index in [0.29, 0.717) is 17.8 Å². The number of carbonyl (C=O) groups excluding carboxylic acids is 1. The van der Waals surface area contributed by atoms with Crippen LogP contribution in [0.1, 0.15) is 18.1 Å².